The average Bonchev–Trinajstić information content (AvgIpc) is 2.61. The quantitative estimate of drug-likeness (QED) is 0.832. The monoisotopic (exact) mass is 269 g/mol. The van der Waals surface area contributed by atoms with Crippen LogP contribution in [0.15, 0.2) is 34.9 Å². The summed E-state index contributed by atoms with van der Waals surface area (Å²) in [5, 5.41) is 1.78. The lowest BCUT2D eigenvalue weighted by Gasteiger charge is -1.92. The van der Waals surface area contributed by atoms with Gasteiger partial charge in [0, 0.05) is 5.56 Å². The lowest BCUT2D eigenvalue weighted by Crippen LogP contribution is -1.77. The molecule has 0 aliphatic carbocycles. The minimum absolute atomic E-state index is 0.767. The van der Waals surface area contributed by atoms with Crippen LogP contribution in [-0.2, 0) is 0 Å². The number of aromatic nitrogens is 1. The Hall–Kier alpha value is -0.870. The lowest BCUT2D eigenvalue weighted by atomic mass is 10.2. The van der Waals surface area contributed by atoms with Gasteiger partial charge in [0.05, 0.1) is 7.11 Å². The lowest BCUT2D eigenvalue weighted by molar-refractivity contribution is 0.423. The fourth-order valence-corrected chi connectivity index (χ4v) is 2.60. The molecule has 0 bridgehead atoms. The van der Waals surface area contributed by atoms with E-state index in [9.17, 15) is 0 Å². The van der Waals surface area contributed by atoms with E-state index in [1.807, 2.05) is 30.3 Å². The highest BCUT2D eigenvalue weighted by Gasteiger charge is 2.09. The van der Waals surface area contributed by atoms with Crippen LogP contribution in [0.25, 0.3) is 10.6 Å². The summed E-state index contributed by atoms with van der Waals surface area (Å²) in [4.78, 5) is 4.36. The first kappa shape index (κ1) is 9.68. The zero-order valence-corrected chi connectivity index (χ0v) is 9.93. The normalized spacial score (nSPS) is 10.1. The van der Waals surface area contributed by atoms with Crippen molar-refractivity contribution in [1.29, 1.82) is 0 Å². The van der Waals surface area contributed by atoms with Crippen molar-refractivity contribution < 1.29 is 4.74 Å². The van der Waals surface area contributed by atoms with Gasteiger partial charge in [0.15, 0.2) is 4.60 Å². The summed E-state index contributed by atoms with van der Waals surface area (Å²) in [7, 11) is 1.65. The fourth-order valence-electron chi connectivity index (χ4n) is 1.12. The van der Waals surface area contributed by atoms with Gasteiger partial charge in [0.1, 0.15) is 5.01 Å². The molecule has 0 spiro atoms. The number of rotatable bonds is 2. The first-order valence-corrected chi connectivity index (χ1v) is 5.68. The number of halogens is 1. The number of hydrogen-bond acceptors (Lipinski definition) is 3. The number of hydrogen-bond donors (Lipinski definition) is 0. The summed E-state index contributed by atoms with van der Waals surface area (Å²) in [5.74, 6) is 0. The minimum atomic E-state index is 0.767. The molecule has 0 saturated heterocycles. The maximum atomic E-state index is 5.16. The van der Waals surface area contributed by atoms with Crippen LogP contribution in [0.3, 0.4) is 0 Å². The molecule has 0 unspecified atom stereocenters. The van der Waals surface area contributed by atoms with E-state index in [1.54, 1.807) is 7.11 Å². The van der Waals surface area contributed by atoms with Crippen LogP contribution in [0.4, 0.5) is 0 Å². The second-order valence-corrected chi connectivity index (χ2v) is 4.38. The highest BCUT2D eigenvalue weighted by molar-refractivity contribution is 9.10. The van der Waals surface area contributed by atoms with Gasteiger partial charge in [-0.1, -0.05) is 41.7 Å². The van der Waals surface area contributed by atoms with E-state index in [1.165, 1.54) is 11.3 Å². The van der Waals surface area contributed by atoms with E-state index >= 15 is 0 Å². The molecule has 1 aromatic heterocycles. The second-order valence-electron chi connectivity index (χ2n) is 2.67. The van der Waals surface area contributed by atoms with Gasteiger partial charge in [-0.2, -0.15) is 0 Å². The van der Waals surface area contributed by atoms with Crippen LogP contribution in [0, 0.1) is 0 Å². The molecule has 14 heavy (non-hydrogen) atoms. The third kappa shape index (κ3) is 1.81. The van der Waals surface area contributed by atoms with Gasteiger partial charge in [-0.3, -0.25) is 0 Å². The number of thiazole rings is 1. The average molecular weight is 270 g/mol. The Kier molecular flexibility index (Phi) is 2.84. The van der Waals surface area contributed by atoms with Crippen LogP contribution < -0.4 is 4.74 Å². The van der Waals surface area contributed by atoms with Crippen molar-refractivity contribution >= 4 is 27.3 Å². The molecule has 72 valence electrons. The molecule has 4 heteroatoms. The molecule has 0 N–H and O–H groups in total. The Morgan fingerprint density at radius 2 is 2.00 bits per heavy atom. The van der Waals surface area contributed by atoms with Crippen LogP contribution in [-0.4, -0.2) is 12.1 Å². The van der Waals surface area contributed by atoms with Crippen molar-refractivity contribution in [2.45, 2.75) is 0 Å². The van der Waals surface area contributed by atoms with Crippen molar-refractivity contribution in [2.75, 3.05) is 7.11 Å². The number of nitrogens with zero attached hydrogens (tertiary/aromatic N) is 1. The van der Waals surface area contributed by atoms with E-state index in [2.05, 4.69) is 20.9 Å². The predicted octanol–water partition coefficient (Wildman–Crippen LogP) is 3.58. The Morgan fingerprint density at radius 1 is 1.29 bits per heavy atom. The standard InChI is InChI=1S/C10H8BrNOS/c1-13-10-8(11)12-9(14-10)7-5-3-2-4-6-7/h2-6H,1H3. The molecule has 0 atom stereocenters. The zero-order chi connectivity index (χ0) is 9.97. The van der Waals surface area contributed by atoms with Gasteiger partial charge in [0.25, 0.3) is 0 Å². The molecular weight excluding hydrogens is 262 g/mol. The summed E-state index contributed by atoms with van der Waals surface area (Å²) >= 11 is 4.88. The topological polar surface area (TPSA) is 22.1 Å². The van der Waals surface area contributed by atoms with Gasteiger partial charge in [0.2, 0.25) is 5.06 Å². The molecule has 0 radical (unpaired) electrons. The Labute approximate surface area is 94.7 Å². The van der Waals surface area contributed by atoms with Crippen LogP contribution in [0.1, 0.15) is 0 Å². The summed E-state index contributed by atoms with van der Waals surface area (Å²) < 4.78 is 5.92. The van der Waals surface area contributed by atoms with Gasteiger partial charge in [-0.05, 0) is 15.9 Å². The maximum absolute atomic E-state index is 5.16. The number of methoxy groups -OCH3 is 1. The van der Waals surface area contributed by atoms with Crippen molar-refractivity contribution in [3.05, 3.63) is 34.9 Å². The molecule has 0 aliphatic heterocycles. The van der Waals surface area contributed by atoms with Crippen LogP contribution in [0.5, 0.6) is 5.06 Å². The second kappa shape index (κ2) is 4.11. The molecule has 0 saturated carbocycles. The van der Waals surface area contributed by atoms with E-state index in [4.69, 9.17) is 4.74 Å². The third-order valence-corrected chi connectivity index (χ3v) is 3.63. The van der Waals surface area contributed by atoms with Gasteiger partial charge in [-0.25, -0.2) is 4.98 Å². The van der Waals surface area contributed by atoms with E-state index in [0.717, 1.165) is 20.2 Å². The number of ether oxygens (including phenoxy) is 1. The third-order valence-electron chi connectivity index (χ3n) is 1.76. The molecule has 1 heterocycles. The number of benzene rings is 1. The molecule has 2 nitrogen and oxygen atoms in total. The van der Waals surface area contributed by atoms with Crippen molar-refractivity contribution in [2.24, 2.45) is 0 Å². The van der Waals surface area contributed by atoms with Crippen molar-refractivity contribution in [1.82, 2.24) is 4.98 Å². The largest absolute Gasteiger partial charge is 0.485 e. The summed E-state index contributed by atoms with van der Waals surface area (Å²) in [5.41, 5.74) is 1.11. The Morgan fingerprint density at radius 3 is 2.57 bits per heavy atom. The van der Waals surface area contributed by atoms with Crippen LogP contribution >= 0.6 is 27.3 Å². The van der Waals surface area contributed by atoms with Crippen LogP contribution in [0.2, 0.25) is 0 Å². The summed E-state index contributed by atoms with van der Waals surface area (Å²) in [6.07, 6.45) is 0. The SMILES string of the molecule is COc1sc(-c2ccccc2)nc1Br. The van der Waals surface area contributed by atoms with Gasteiger partial charge < -0.3 is 4.74 Å². The first-order valence-electron chi connectivity index (χ1n) is 4.07. The smallest absolute Gasteiger partial charge is 0.209 e. The molecule has 0 amide bonds. The molecular formula is C10H8BrNOS. The van der Waals surface area contributed by atoms with Gasteiger partial charge in [-0.15, -0.1) is 0 Å². The first-order chi connectivity index (χ1) is 6.81. The van der Waals surface area contributed by atoms with E-state index < -0.39 is 0 Å². The maximum Gasteiger partial charge on any atom is 0.209 e. The molecule has 0 aliphatic rings. The van der Waals surface area contributed by atoms with Crippen molar-refractivity contribution in [3.63, 3.8) is 0 Å². The Balaban J connectivity index is 2.43. The Bertz CT molecular complexity index is 427. The fraction of sp³-hybridized carbons (Fsp3) is 0.100. The summed E-state index contributed by atoms with van der Waals surface area (Å²) in [6, 6.07) is 10.0. The summed E-state index contributed by atoms with van der Waals surface area (Å²) in [6.45, 7) is 0. The molecule has 1 aromatic carbocycles. The minimum Gasteiger partial charge on any atom is -0.485 e. The van der Waals surface area contributed by atoms with Crippen molar-refractivity contribution in [3.8, 4) is 15.6 Å². The highest BCUT2D eigenvalue weighted by atomic mass is 79.9. The van der Waals surface area contributed by atoms with E-state index in [-0.39, 0.29) is 0 Å². The highest BCUT2D eigenvalue weighted by Crippen LogP contribution is 2.36. The van der Waals surface area contributed by atoms with E-state index in [0.29, 0.717) is 0 Å². The predicted molar refractivity (Wildman–Crippen MR) is 61.8 cm³/mol. The zero-order valence-electron chi connectivity index (χ0n) is 7.53. The van der Waals surface area contributed by atoms with Gasteiger partial charge >= 0.3 is 0 Å². The molecule has 2 aromatic rings. The molecule has 0 fully saturated rings. The molecule has 2 rings (SSSR count).